The molecule has 1 atom stereocenters. The molecule has 2 amide bonds. The first-order valence-corrected chi connectivity index (χ1v) is 6.03. The predicted molar refractivity (Wildman–Crippen MR) is 69.1 cm³/mol. The minimum absolute atomic E-state index is 0.0272. The van der Waals surface area contributed by atoms with Gasteiger partial charge in [-0.25, -0.2) is 0 Å². The number of carbonyl (C=O) groups excluding carboxylic acids is 2. The van der Waals surface area contributed by atoms with E-state index >= 15 is 0 Å². The monoisotopic (exact) mass is 247 g/mol. The average Bonchev–Trinajstić information content (AvgIpc) is 2.39. The van der Waals surface area contributed by atoms with Crippen molar-refractivity contribution < 1.29 is 9.59 Å². The van der Waals surface area contributed by atoms with E-state index in [4.69, 9.17) is 0 Å². The summed E-state index contributed by atoms with van der Waals surface area (Å²) >= 11 is 0. The van der Waals surface area contributed by atoms with Crippen molar-refractivity contribution >= 4 is 17.5 Å². The summed E-state index contributed by atoms with van der Waals surface area (Å²) in [7, 11) is 0. The van der Waals surface area contributed by atoms with Crippen molar-refractivity contribution in [3.63, 3.8) is 0 Å². The van der Waals surface area contributed by atoms with Crippen molar-refractivity contribution in [1.29, 1.82) is 0 Å². The van der Waals surface area contributed by atoms with Gasteiger partial charge in [0.05, 0.1) is 12.6 Å². The number of anilines is 1. The van der Waals surface area contributed by atoms with Crippen LogP contribution >= 0.6 is 0 Å². The van der Waals surface area contributed by atoms with Gasteiger partial charge in [0.1, 0.15) is 0 Å². The van der Waals surface area contributed by atoms with Gasteiger partial charge in [-0.3, -0.25) is 14.5 Å². The Bertz CT molecular complexity index is 433. The van der Waals surface area contributed by atoms with Crippen LogP contribution in [0.3, 0.4) is 0 Å². The van der Waals surface area contributed by atoms with Crippen LogP contribution in [0.15, 0.2) is 30.3 Å². The van der Waals surface area contributed by atoms with Crippen molar-refractivity contribution in [2.45, 2.75) is 13.0 Å². The molecule has 2 N–H and O–H groups in total. The molecule has 5 heteroatoms. The molecule has 1 saturated heterocycles. The van der Waals surface area contributed by atoms with Gasteiger partial charge in [0.25, 0.3) is 0 Å². The van der Waals surface area contributed by atoms with Crippen LogP contribution in [-0.4, -0.2) is 42.4 Å². The van der Waals surface area contributed by atoms with E-state index in [1.165, 1.54) is 0 Å². The smallest absolute Gasteiger partial charge is 0.241 e. The second-order valence-electron chi connectivity index (χ2n) is 4.35. The molecule has 0 aliphatic carbocycles. The molecule has 5 nitrogen and oxygen atoms in total. The fraction of sp³-hybridized carbons (Fsp3) is 0.385. The molecule has 0 aromatic heterocycles. The summed E-state index contributed by atoms with van der Waals surface area (Å²) in [6, 6.07) is 9.01. The number of amides is 2. The first kappa shape index (κ1) is 12.6. The second-order valence-corrected chi connectivity index (χ2v) is 4.35. The van der Waals surface area contributed by atoms with E-state index in [0.29, 0.717) is 13.1 Å². The van der Waals surface area contributed by atoms with Crippen molar-refractivity contribution in [3.8, 4) is 0 Å². The van der Waals surface area contributed by atoms with Gasteiger partial charge in [-0.2, -0.15) is 0 Å². The minimum atomic E-state index is -0.309. The average molecular weight is 247 g/mol. The zero-order valence-electron chi connectivity index (χ0n) is 10.3. The maximum Gasteiger partial charge on any atom is 0.241 e. The van der Waals surface area contributed by atoms with Gasteiger partial charge in [-0.1, -0.05) is 18.2 Å². The summed E-state index contributed by atoms with van der Waals surface area (Å²) < 4.78 is 0. The number of nitrogens with one attached hydrogen (secondary N) is 2. The summed E-state index contributed by atoms with van der Waals surface area (Å²) in [5.74, 6) is -0.114. The number of para-hydroxylation sites is 1. The van der Waals surface area contributed by atoms with Crippen molar-refractivity contribution in [3.05, 3.63) is 30.3 Å². The number of carbonyl (C=O) groups is 2. The summed E-state index contributed by atoms with van der Waals surface area (Å²) in [4.78, 5) is 25.2. The first-order valence-electron chi connectivity index (χ1n) is 6.03. The van der Waals surface area contributed by atoms with Crippen molar-refractivity contribution in [2.75, 3.05) is 25.0 Å². The lowest BCUT2D eigenvalue weighted by Crippen LogP contribution is -2.53. The molecule has 2 rings (SSSR count). The molecule has 0 unspecified atom stereocenters. The highest BCUT2D eigenvalue weighted by atomic mass is 16.2. The van der Waals surface area contributed by atoms with Gasteiger partial charge >= 0.3 is 0 Å². The minimum Gasteiger partial charge on any atom is -0.354 e. The molecule has 1 aromatic rings. The number of hydrogen-bond acceptors (Lipinski definition) is 3. The maximum atomic E-state index is 12.0. The molecule has 96 valence electrons. The Kier molecular flexibility index (Phi) is 3.94. The van der Waals surface area contributed by atoms with Gasteiger partial charge in [0, 0.05) is 18.8 Å². The quantitative estimate of drug-likeness (QED) is 0.815. The third-order valence-electron chi connectivity index (χ3n) is 3.04. The molecule has 1 aliphatic heterocycles. The number of nitrogens with zero attached hydrogens (tertiary/aromatic N) is 1. The summed E-state index contributed by atoms with van der Waals surface area (Å²) in [6.45, 7) is 3.40. The van der Waals surface area contributed by atoms with Gasteiger partial charge in [-0.05, 0) is 19.1 Å². The predicted octanol–water partition coefficient (Wildman–Crippen LogP) is 0.445. The van der Waals surface area contributed by atoms with E-state index < -0.39 is 0 Å². The van der Waals surface area contributed by atoms with Crippen molar-refractivity contribution in [2.24, 2.45) is 0 Å². The second kappa shape index (κ2) is 5.64. The van der Waals surface area contributed by atoms with Crippen LogP contribution < -0.4 is 10.6 Å². The molecule has 1 fully saturated rings. The SMILES string of the molecule is C[C@H](C(=O)Nc1ccccc1)N1CCNC(=O)C1. The molecular formula is C13H17N3O2. The Balaban J connectivity index is 1.94. The van der Waals surface area contributed by atoms with Gasteiger partial charge < -0.3 is 10.6 Å². The molecule has 18 heavy (non-hydrogen) atoms. The third kappa shape index (κ3) is 3.07. The third-order valence-corrected chi connectivity index (χ3v) is 3.04. The lowest BCUT2D eigenvalue weighted by atomic mass is 10.2. The van der Waals surface area contributed by atoms with Gasteiger partial charge in [0.15, 0.2) is 0 Å². The fourth-order valence-electron chi connectivity index (χ4n) is 1.92. The largest absolute Gasteiger partial charge is 0.354 e. The summed E-state index contributed by atoms with van der Waals surface area (Å²) in [5.41, 5.74) is 0.774. The standard InChI is InChI=1S/C13H17N3O2/c1-10(16-8-7-14-12(17)9-16)13(18)15-11-5-3-2-4-6-11/h2-6,10H,7-9H2,1H3,(H,14,17)(H,15,18)/t10-/m1/s1. The highest BCUT2D eigenvalue weighted by Crippen LogP contribution is 2.08. The molecule has 1 heterocycles. The topological polar surface area (TPSA) is 61.4 Å². The zero-order valence-corrected chi connectivity index (χ0v) is 10.3. The van der Waals surface area contributed by atoms with Crippen LogP contribution in [0.25, 0.3) is 0 Å². The zero-order chi connectivity index (χ0) is 13.0. The maximum absolute atomic E-state index is 12.0. The molecule has 0 bridgehead atoms. The molecule has 0 radical (unpaired) electrons. The molecule has 0 spiro atoms. The molecule has 1 aliphatic rings. The van der Waals surface area contributed by atoms with Crippen LogP contribution in [0, 0.1) is 0 Å². The Morgan fingerprint density at radius 2 is 2.11 bits per heavy atom. The molecule has 1 aromatic carbocycles. The fourth-order valence-corrected chi connectivity index (χ4v) is 1.92. The van der Waals surface area contributed by atoms with E-state index in [9.17, 15) is 9.59 Å². The lowest BCUT2D eigenvalue weighted by Gasteiger charge is -2.31. The van der Waals surface area contributed by atoms with Crippen LogP contribution in [0.1, 0.15) is 6.92 Å². The van der Waals surface area contributed by atoms with E-state index in [0.717, 1.165) is 5.69 Å². The van der Waals surface area contributed by atoms with Gasteiger partial charge in [0.2, 0.25) is 11.8 Å². The Morgan fingerprint density at radius 1 is 1.39 bits per heavy atom. The number of hydrogen-bond donors (Lipinski definition) is 2. The van der Waals surface area contributed by atoms with E-state index in [-0.39, 0.29) is 24.4 Å². The Hall–Kier alpha value is -1.88. The number of rotatable bonds is 3. The highest BCUT2D eigenvalue weighted by molar-refractivity contribution is 5.95. The van der Waals surface area contributed by atoms with E-state index in [2.05, 4.69) is 10.6 Å². The summed E-state index contributed by atoms with van der Waals surface area (Å²) in [6.07, 6.45) is 0. The summed E-state index contributed by atoms with van der Waals surface area (Å²) in [5, 5.41) is 5.58. The normalized spacial score (nSPS) is 17.9. The Morgan fingerprint density at radius 3 is 2.78 bits per heavy atom. The van der Waals surface area contributed by atoms with E-state index in [1.807, 2.05) is 42.2 Å². The van der Waals surface area contributed by atoms with Crippen LogP contribution in [0.2, 0.25) is 0 Å². The van der Waals surface area contributed by atoms with E-state index in [1.54, 1.807) is 0 Å². The molecule has 0 saturated carbocycles. The first-order chi connectivity index (χ1) is 8.66. The number of piperazine rings is 1. The van der Waals surface area contributed by atoms with Crippen LogP contribution in [-0.2, 0) is 9.59 Å². The van der Waals surface area contributed by atoms with Crippen molar-refractivity contribution in [1.82, 2.24) is 10.2 Å². The Labute approximate surface area is 106 Å². The van der Waals surface area contributed by atoms with Crippen LogP contribution in [0.5, 0.6) is 0 Å². The van der Waals surface area contributed by atoms with Gasteiger partial charge in [-0.15, -0.1) is 0 Å². The molecular weight excluding hydrogens is 230 g/mol. The highest BCUT2D eigenvalue weighted by Gasteiger charge is 2.25. The number of benzene rings is 1. The lowest BCUT2D eigenvalue weighted by molar-refractivity contribution is -0.127. The van der Waals surface area contributed by atoms with Crippen LogP contribution in [0.4, 0.5) is 5.69 Å².